The van der Waals surface area contributed by atoms with Crippen LogP contribution in [0.2, 0.25) is 0 Å². The topological polar surface area (TPSA) is 28.4 Å². The molecule has 0 aliphatic carbocycles. The fourth-order valence-corrected chi connectivity index (χ4v) is 2.20. The van der Waals surface area contributed by atoms with Gasteiger partial charge in [0.2, 0.25) is 0 Å². The Morgan fingerprint density at radius 3 is 2.61 bits per heavy atom. The number of halogens is 3. The summed E-state index contributed by atoms with van der Waals surface area (Å²) in [5.41, 5.74) is 1.06. The third kappa shape index (κ3) is 4.34. The van der Waals surface area contributed by atoms with Crippen molar-refractivity contribution in [1.82, 2.24) is 10.2 Å². The summed E-state index contributed by atoms with van der Waals surface area (Å²) in [6, 6.07) is 2.18. The van der Waals surface area contributed by atoms with Crippen molar-refractivity contribution in [1.29, 1.82) is 0 Å². The largest absolute Gasteiger partial charge is 0.472 e. The standard InChI is InChI=1S/C12H17F3N2O/c13-12(14,15)9-17-4-1-11(2-5-17)16-7-10-3-6-18-8-10/h3,6,8,11,16H,1-2,4-5,7,9H2. The molecule has 6 heteroatoms. The molecule has 102 valence electrons. The van der Waals surface area contributed by atoms with Crippen LogP contribution in [0.25, 0.3) is 0 Å². The van der Waals surface area contributed by atoms with Gasteiger partial charge in [0.05, 0.1) is 19.1 Å². The van der Waals surface area contributed by atoms with Crippen LogP contribution in [0.5, 0.6) is 0 Å². The minimum Gasteiger partial charge on any atom is -0.472 e. The molecule has 1 N–H and O–H groups in total. The minimum absolute atomic E-state index is 0.296. The fraction of sp³-hybridized carbons (Fsp3) is 0.667. The highest BCUT2D eigenvalue weighted by Crippen LogP contribution is 2.19. The minimum atomic E-state index is -4.09. The van der Waals surface area contributed by atoms with Crippen LogP contribution < -0.4 is 5.32 Å². The highest BCUT2D eigenvalue weighted by atomic mass is 19.4. The van der Waals surface area contributed by atoms with E-state index in [-0.39, 0.29) is 0 Å². The average Bonchev–Trinajstić information content (AvgIpc) is 2.79. The van der Waals surface area contributed by atoms with Crippen molar-refractivity contribution in [3.8, 4) is 0 Å². The summed E-state index contributed by atoms with van der Waals surface area (Å²) in [5, 5.41) is 3.34. The van der Waals surface area contributed by atoms with Gasteiger partial charge in [-0.25, -0.2) is 0 Å². The molecule has 1 aliphatic heterocycles. The first-order valence-electron chi connectivity index (χ1n) is 6.06. The lowest BCUT2D eigenvalue weighted by Crippen LogP contribution is -2.45. The van der Waals surface area contributed by atoms with E-state index < -0.39 is 12.7 Å². The van der Waals surface area contributed by atoms with E-state index in [0.717, 1.165) is 18.4 Å². The molecule has 0 radical (unpaired) electrons. The molecule has 0 spiro atoms. The van der Waals surface area contributed by atoms with Crippen LogP contribution in [-0.2, 0) is 6.54 Å². The molecule has 1 aromatic heterocycles. The van der Waals surface area contributed by atoms with E-state index in [1.807, 2.05) is 6.07 Å². The first-order valence-corrected chi connectivity index (χ1v) is 6.06. The molecule has 0 unspecified atom stereocenters. The fourth-order valence-electron chi connectivity index (χ4n) is 2.20. The van der Waals surface area contributed by atoms with Crippen LogP contribution in [0.15, 0.2) is 23.0 Å². The zero-order valence-corrected chi connectivity index (χ0v) is 10.0. The van der Waals surface area contributed by atoms with Crippen LogP contribution in [-0.4, -0.2) is 36.8 Å². The van der Waals surface area contributed by atoms with Crippen molar-refractivity contribution in [2.24, 2.45) is 0 Å². The van der Waals surface area contributed by atoms with Crippen LogP contribution in [0.1, 0.15) is 18.4 Å². The molecule has 1 fully saturated rings. The van der Waals surface area contributed by atoms with Gasteiger partial charge in [-0.3, -0.25) is 4.90 Å². The van der Waals surface area contributed by atoms with Gasteiger partial charge in [0.1, 0.15) is 0 Å². The molecule has 0 aromatic carbocycles. The summed E-state index contributed by atoms with van der Waals surface area (Å²) < 4.78 is 41.6. The van der Waals surface area contributed by atoms with Crippen molar-refractivity contribution in [3.05, 3.63) is 24.2 Å². The van der Waals surface area contributed by atoms with E-state index in [2.05, 4.69) is 5.32 Å². The van der Waals surface area contributed by atoms with Gasteiger partial charge < -0.3 is 9.73 Å². The molecule has 1 saturated heterocycles. The van der Waals surface area contributed by atoms with E-state index in [0.29, 0.717) is 25.7 Å². The number of hydrogen-bond acceptors (Lipinski definition) is 3. The Balaban J connectivity index is 1.67. The van der Waals surface area contributed by atoms with Crippen LogP contribution in [0.4, 0.5) is 13.2 Å². The predicted molar refractivity (Wildman–Crippen MR) is 61.1 cm³/mol. The summed E-state index contributed by atoms with van der Waals surface area (Å²) in [6.45, 7) is 0.924. The second kappa shape index (κ2) is 5.75. The summed E-state index contributed by atoms with van der Waals surface area (Å²) in [5.74, 6) is 0. The molecule has 1 aliphatic rings. The Bertz CT molecular complexity index is 343. The lowest BCUT2D eigenvalue weighted by Gasteiger charge is -2.32. The van der Waals surface area contributed by atoms with Gasteiger partial charge in [-0.1, -0.05) is 0 Å². The maximum absolute atomic E-state index is 12.2. The van der Waals surface area contributed by atoms with E-state index in [9.17, 15) is 13.2 Å². The SMILES string of the molecule is FC(F)(F)CN1CCC(NCc2ccoc2)CC1. The molecule has 18 heavy (non-hydrogen) atoms. The number of hydrogen-bond donors (Lipinski definition) is 1. The zero-order valence-electron chi connectivity index (χ0n) is 10.0. The summed E-state index contributed by atoms with van der Waals surface area (Å²) in [7, 11) is 0. The highest BCUT2D eigenvalue weighted by molar-refractivity contribution is 5.04. The number of alkyl halides is 3. The van der Waals surface area contributed by atoms with E-state index >= 15 is 0 Å². The summed E-state index contributed by atoms with van der Waals surface area (Å²) in [6.07, 6.45) is 0.716. The molecular weight excluding hydrogens is 245 g/mol. The lowest BCUT2D eigenvalue weighted by atomic mass is 10.0. The van der Waals surface area contributed by atoms with Crippen LogP contribution >= 0.6 is 0 Å². The first-order chi connectivity index (χ1) is 8.53. The molecule has 1 aromatic rings. The third-order valence-corrected chi connectivity index (χ3v) is 3.17. The predicted octanol–water partition coefficient (Wildman–Crippen LogP) is 2.40. The first kappa shape index (κ1) is 13.4. The monoisotopic (exact) mass is 262 g/mol. The van der Waals surface area contributed by atoms with Crippen LogP contribution in [0, 0.1) is 0 Å². The Morgan fingerprint density at radius 1 is 1.33 bits per heavy atom. The van der Waals surface area contributed by atoms with Gasteiger partial charge in [0.25, 0.3) is 0 Å². The normalized spacial score (nSPS) is 19.3. The second-order valence-corrected chi connectivity index (χ2v) is 4.68. The van der Waals surface area contributed by atoms with Gasteiger partial charge in [0, 0.05) is 18.2 Å². The molecule has 3 nitrogen and oxygen atoms in total. The smallest absolute Gasteiger partial charge is 0.401 e. The van der Waals surface area contributed by atoms with Gasteiger partial charge in [-0.2, -0.15) is 13.2 Å². The maximum atomic E-state index is 12.2. The number of furan rings is 1. The lowest BCUT2D eigenvalue weighted by molar-refractivity contribution is -0.148. The van der Waals surface area contributed by atoms with Gasteiger partial charge in [-0.05, 0) is 32.0 Å². The van der Waals surface area contributed by atoms with Crippen molar-refractivity contribution in [2.45, 2.75) is 31.6 Å². The molecule has 0 amide bonds. The van der Waals surface area contributed by atoms with Gasteiger partial charge in [-0.15, -0.1) is 0 Å². The number of nitrogens with one attached hydrogen (secondary N) is 1. The van der Waals surface area contributed by atoms with E-state index in [4.69, 9.17) is 4.42 Å². The molecule has 0 saturated carbocycles. The van der Waals surface area contributed by atoms with Crippen molar-refractivity contribution in [3.63, 3.8) is 0 Å². The van der Waals surface area contributed by atoms with Gasteiger partial charge in [0.15, 0.2) is 0 Å². The third-order valence-electron chi connectivity index (χ3n) is 3.17. The Labute approximate surface area is 104 Å². The summed E-state index contributed by atoms with van der Waals surface area (Å²) >= 11 is 0. The van der Waals surface area contributed by atoms with Gasteiger partial charge >= 0.3 is 6.18 Å². The molecule has 0 atom stereocenters. The molecule has 0 bridgehead atoms. The zero-order chi connectivity index (χ0) is 13.0. The number of likely N-dealkylation sites (tertiary alicyclic amines) is 1. The van der Waals surface area contributed by atoms with Crippen LogP contribution in [0.3, 0.4) is 0 Å². The summed E-state index contributed by atoms with van der Waals surface area (Å²) in [4.78, 5) is 1.47. The number of rotatable bonds is 4. The number of nitrogens with zero attached hydrogens (tertiary/aromatic N) is 1. The Hall–Kier alpha value is -1.01. The molecule has 2 rings (SSSR count). The maximum Gasteiger partial charge on any atom is 0.401 e. The van der Waals surface area contributed by atoms with Crippen molar-refractivity contribution < 1.29 is 17.6 Å². The van der Waals surface area contributed by atoms with E-state index in [1.54, 1.807) is 12.5 Å². The Morgan fingerprint density at radius 2 is 2.06 bits per heavy atom. The van der Waals surface area contributed by atoms with E-state index in [1.165, 1.54) is 4.90 Å². The van der Waals surface area contributed by atoms with Crippen molar-refractivity contribution in [2.75, 3.05) is 19.6 Å². The molecule has 2 heterocycles. The quantitative estimate of drug-likeness (QED) is 0.903. The second-order valence-electron chi connectivity index (χ2n) is 4.68. The Kier molecular flexibility index (Phi) is 4.29. The molecular formula is C12H17F3N2O. The van der Waals surface area contributed by atoms with Crippen molar-refractivity contribution >= 4 is 0 Å². The highest BCUT2D eigenvalue weighted by Gasteiger charge is 2.32. The average molecular weight is 262 g/mol. The number of piperidine rings is 1.